The molecule has 1 saturated heterocycles. The fourth-order valence-corrected chi connectivity index (χ4v) is 9.11. The number of fused-ring (bicyclic) bond motifs is 3. The van der Waals surface area contributed by atoms with Crippen LogP contribution in [0.2, 0.25) is 0 Å². The Kier molecular flexibility index (Phi) is 9.69. The zero-order valence-electron chi connectivity index (χ0n) is 29.0. The number of thiazole rings is 1. The van der Waals surface area contributed by atoms with Gasteiger partial charge in [0.1, 0.15) is 39.9 Å². The number of carbonyl (C=O) groups is 3. The molecule has 4 aliphatic rings. The minimum atomic E-state index is -3.84. The normalized spacial score (nSPS) is 26.3. The number of pyridine rings is 1. The number of carbonyl (C=O) groups excluding carboxylic acids is 3. The maximum Gasteiger partial charge on any atom is 0.318 e. The summed E-state index contributed by atoms with van der Waals surface area (Å²) in [5.74, 6) is -0.218. The molecule has 51 heavy (non-hydrogen) atoms. The number of benzene rings is 1. The predicted octanol–water partition coefficient (Wildman–Crippen LogP) is 4.64. The lowest BCUT2D eigenvalue weighted by Gasteiger charge is -2.26. The third kappa shape index (κ3) is 7.41. The maximum atomic E-state index is 14.1. The van der Waals surface area contributed by atoms with Crippen LogP contribution in [0.3, 0.4) is 0 Å². The van der Waals surface area contributed by atoms with Crippen molar-refractivity contribution in [2.45, 2.75) is 94.1 Å². The van der Waals surface area contributed by atoms with Crippen molar-refractivity contribution in [3.8, 4) is 22.2 Å². The van der Waals surface area contributed by atoms with Crippen molar-refractivity contribution in [1.29, 1.82) is 0 Å². The van der Waals surface area contributed by atoms with E-state index in [4.69, 9.17) is 19.4 Å². The Morgan fingerprint density at radius 2 is 1.96 bits per heavy atom. The Hall–Kier alpha value is -4.24. The Labute approximate surface area is 301 Å². The van der Waals surface area contributed by atoms with Crippen molar-refractivity contribution in [1.82, 2.24) is 30.2 Å². The first kappa shape index (κ1) is 35.2. The molecule has 2 aliphatic carbocycles. The van der Waals surface area contributed by atoms with Crippen molar-refractivity contribution in [2.75, 3.05) is 20.2 Å². The standard InChI is InChI=1S/C36H44N6O7S2/c1-21(2)29-20-50-33(39-29)28-17-31(26-13-10-23(48-3)15-27(26)38-28)49-24-16-30-32(43)40-36(34(44)41-51(46,47)25-11-12-25)18-22(36)9-7-5-4-6-8-14-37-35(45)42(30)19-24/h7,9-10,13,15,17,20-22,24-25,30H,4-6,8,11-12,14,16,18-19H2,1-3H3,(H,37,45)(H,40,43)(H,41,44)/b9-7-/t22-,24?,30-,36-/m0/s1. The number of allylic oxidation sites excluding steroid dienone is 1. The van der Waals surface area contributed by atoms with Crippen molar-refractivity contribution in [3.63, 3.8) is 0 Å². The number of nitrogens with one attached hydrogen (secondary N) is 3. The second-order valence-electron chi connectivity index (χ2n) is 14.2. The first-order chi connectivity index (χ1) is 24.5. The molecule has 2 aliphatic heterocycles. The second kappa shape index (κ2) is 14.1. The summed E-state index contributed by atoms with van der Waals surface area (Å²) in [5, 5.41) is 8.77. The van der Waals surface area contributed by atoms with Crippen LogP contribution in [0.5, 0.6) is 11.5 Å². The van der Waals surface area contributed by atoms with Crippen LogP contribution >= 0.6 is 11.3 Å². The van der Waals surface area contributed by atoms with Crippen LogP contribution in [0.15, 0.2) is 41.8 Å². The number of hydrogen-bond acceptors (Lipinski definition) is 10. The van der Waals surface area contributed by atoms with E-state index >= 15 is 0 Å². The zero-order chi connectivity index (χ0) is 35.9. The van der Waals surface area contributed by atoms with E-state index in [1.165, 1.54) is 16.2 Å². The number of methoxy groups -OCH3 is 1. The number of rotatable bonds is 8. The predicted molar refractivity (Wildman–Crippen MR) is 193 cm³/mol. The van der Waals surface area contributed by atoms with E-state index in [9.17, 15) is 22.8 Å². The molecular formula is C36H44N6O7S2. The van der Waals surface area contributed by atoms with E-state index in [1.54, 1.807) is 7.11 Å². The molecule has 272 valence electrons. The molecule has 0 spiro atoms. The van der Waals surface area contributed by atoms with Gasteiger partial charge < -0.3 is 25.0 Å². The van der Waals surface area contributed by atoms with Crippen molar-refractivity contribution >= 4 is 50.1 Å². The molecule has 2 aromatic heterocycles. The van der Waals surface area contributed by atoms with Gasteiger partial charge in [0.15, 0.2) is 0 Å². The van der Waals surface area contributed by atoms with Gasteiger partial charge in [-0.1, -0.05) is 32.4 Å². The lowest BCUT2D eigenvalue weighted by Crippen LogP contribution is -2.57. The average Bonchev–Trinajstić information content (AvgIpc) is 3.97. The summed E-state index contributed by atoms with van der Waals surface area (Å²) in [6.45, 7) is 4.74. The van der Waals surface area contributed by atoms with E-state index in [0.29, 0.717) is 42.1 Å². The molecular weight excluding hydrogens is 693 g/mol. The number of ether oxygens (including phenoxy) is 2. The molecule has 4 heterocycles. The molecule has 3 aromatic rings. The lowest BCUT2D eigenvalue weighted by molar-refractivity contribution is -0.131. The monoisotopic (exact) mass is 736 g/mol. The second-order valence-corrected chi connectivity index (χ2v) is 17.0. The van der Waals surface area contributed by atoms with Gasteiger partial charge in [-0.25, -0.2) is 23.2 Å². The van der Waals surface area contributed by atoms with E-state index in [1.807, 2.05) is 41.8 Å². The molecule has 15 heteroatoms. The summed E-state index contributed by atoms with van der Waals surface area (Å²) in [6.07, 6.45) is 8.10. The number of urea groups is 1. The number of sulfonamides is 1. The van der Waals surface area contributed by atoms with Crippen LogP contribution in [0, 0.1) is 5.92 Å². The maximum absolute atomic E-state index is 14.1. The Balaban J connectivity index is 1.18. The van der Waals surface area contributed by atoms with Crippen LogP contribution in [0.25, 0.3) is 21.6 Å². The topological polar surface area (TPSA) is 169 Å². The quantitative estimate of drug-likeness (QED) is 0.279. The van der Waals surface area contributed by atoms with E-state index in [-0.39, 0.29) is 31.2 Å². The first-order valence-electron chi connectivity index (χ1n) is 17.7. The highest BCUT2D eigenvalue weighted by atomic mass is 32.2. The lowest BCUT2D eigenvalue weighted by atomic mass is 10.1. The molecule has 1 unspecified atom stereocenters. The van der Waals surface area contributed by atoms with Gasteiger partial charge in [0.2, 0.25) is 15.9 Å². The number of aromatic nitrogens is 2. The number of hydrogen-bond donors (Lipinski definition) is 3. The van der Waals surface area contributed by atoms with Gasteiger partial charge in [-0.15, -0.1) is 11.3 Å². The molecule has 2 saturated carbocycles. The van der Waals surface area contributed by atoms with Gasteiger partial charge in [-0.3, -0.25) is 14.3 Å². The van der Waals surface area contributed by atoms with E-state index in [0.717, 1.165) is 41.8 Å². The highest BCUT2D eigenvalue weighted by molar-refractivity contribution is 7.91. The minimum absolute atomic E-state index is 0.118. The Morgan fingerprint density at radius 1 is 1.14 bits per heavy atom. The van der Waals surface area contributed by atoms with Gasteiger partial charge in [0, 0.05) is 41.8 Å². The molecule has 1 aromatic carbocycles. The van der Waals surface area contributed by atoms with E-state index in [2.05, 4.69) is 29.2 Å². The van der Waals surface area contributed by atoms with Crippen LogP contribution in [-0.2, 0) is 19.6 Å². The molecule has 7 rings (SSSR count). The Morgan fingerprint density at radius 3 is 2.71 bits per heavy atom. The van der Waals surface area contributed by atoms with Crippen molar-refractivity contribution in [2.24, 2.45) is 5.92 Å². The first-order valence-corrected chi connectivity index (χ1v) is 20.1. The molecule has 0 radical (unpaired) electrons. The minimum Gasteiger partial charge on any atom is -0.497 e. The fraction of sp³-hybridized carbons (Fsp3) is 0.528. The van der Waals surface area contributed by atoms with Crippen LogP contribution in [0.4, 0.5) is 4.79 Å². The SMILES string of the molecule is COc1ccc2c(OC3C[C@H]4C(=O)N[C@@]5(C(=O)NS(=O)(=O)C6CC6)C[C@@H]5/C=C\CCCCCNC(=O)N4C3)cc(-c3nc(C(C)C)cs3)nc2c1. The van der Waals surface area contributed by atoms with Crippen LogP contribution in [-0.4, -0.2) is 84.3 Å². The van der Waals surface area contributed by atoms with Gasteiger partial charge in [0.25, 0.3) is 5.91 Å². The van der Waals surface area contributed by atoms with Crippen LogP contribution < -0.4 is 24.8 Å². The largest absolute Gasteiger partial charge is 0.497 e. The van der Waals surface area contributed by atoms with Gasteiger partial charge >= 0.3 is 6.03 Å². The average molecular weight is 737 g/mol. The molecule has 3 N–H and O–H groups in total. The summed E-state index contributed by atoms with van der Waals surface area (Å²) >= 11 is 1.50. The summed E-state index contributed by atoms with van der Waals surface area (Å²) < 4.78 is 39.9. The van der Waals surface area contributed by atoms with Gasteiger partial charge in [0.05, 0.1) is 30.1 Å². The Bertz CT molecular complexity index is 1980. The number of nitrogens with zero attached hydrogens (tertiary/aromatic N) is 3. The van der Waals surface area contributed by atoms with E-state index < -0.39 is 50.8 Å². The molecule has 13 nitrogen and oxygen atoms in total. The highest BCUT2D eigenvalue weighted by Gasteiger charge is 2.62. The van der Waals surface area contributed by atoms with Gasteiger partial charge in [-0.05, 0) is 56.6 Å². The summed E-state index contributed by atoms with van der Waals surface area (Å²) in [6, 6.07) is 6.00. The smallest absolute Gasteiger partial charge is 0.318 e. The molecule has 0 bridgehead atoms. The summed E-state index contributed by atoms with van der Waals surface area (Å²) in [5.41, 5.74) is 0.822. The molecule has 4 amide bonds. The van der Waals surface area contributed by atoms with Gasteiger partial charge in [-0.2, -0.15) is 0 Å². The highest BCUT2D eigenvalue weighted by Crippen LogP contribution is 2.46. The third-order valence-electron chi connectivity index (χ3n) is 10.1. The van der Waals surface area contributed by atoms with Crippen molar-refractivity contribution < 1.29 is 32.3 Å². The number of amides is 4. The van der Waals surface area contributed by atoms with Crippen molar-refractivity contribution in [3.05, 3.63) is 47.5 Å². The summed E-state index contributed by atoms with van der Waals surface area (Å²) in [7, 11) is -2.24. The fourth-order valence-electron chi connectivity index (χ4n) is 6.80. The van der Waals surface area contributed by atoms with Crippen LogP contribution in [0.1, 0.15) is 76.8 Å². The molecule has 4 atom stereocenters. The molecule has 3 fully saturated rings. The zero-order valence-corrected chi connectivity index (χ0v) is 30.6. The third-order valence-corrected chi connectivity index (χ3v) is 12.8. The summed E-state index contributed by atoms with van der Waals surface area (Å²) in [4.78, 5) is 52.5.